The third-order valence-corrected chi connectivity index (χ3v) is 3.05. The Balaban J connectivity index is 1.48. The van der Waals surface area contributed by atoms with Gasteiger partial charge in [0.1, 0.15) is 12.4 Å². The van der Waals surface area contributed by atoms with Gasteiger partial charge in [-0.15, -0.1) is 0 Å². The molecule has 1 aliphatic rings. The number of pyridine rings is 1. The van der Waals surface area contributed by atoms with Crippen LogP contribution in [0.3, 0.4) is 0 Å². The Bertz CT molecular complexity index is 497. The van der Waals surface area contributed by atoms with Gasteiger partial charge < -0.3 is 14.6 Å². The predicted octanol–water partition coefficient (Wildman–Crippen LogP) is 0.967. The molecule has 18 heavy (non-hydrogen) atoms. The van der Waals surface area contributed by atoms with Crippen molar-refractivity contribution in [3.63, 3.8) is 0 Å². The van der Waals surface area contributed by atoms with Gasteiger partial charge in [0.15, 0.2) is 0 Å². The first-order chi connectivity index (χ1) is 8.92. The highest BCUT2D eigenvalue weighted by Gasteiger charge is 2.18. The van der Waals surface area contributed by atoms with Crippen LogP contribution in [0.25, 0.3) is 0 Å². The first-order valence-electron chi connectivity index (χ1n) is 6.14. The van der Waals surface area contributed by atoms with Crippen molar-refractivity contribution < 1.29 is 4.74 Å². The molecule has 0 amide bonds. The third kappa shape index (κ3) is 2.57. The molecule has 0 saturated heterocycles. The maximum absolute atomic E-state index is 5.73. The van der Waals surface area contributed by atoms with Gasteiger partial charge in [0.2, 0.25) is 0 Å². The molecule has 0 bridgehead atoms. The summed E-state index contributed by atoms with van der Waals surface area (Å²) in [6, 6.07) is 5.94. The van der Waals surface area contributed by atoms with Crippen LogP contribution < -0.4 is 5.32 Å². The molecule has 2 aromatic heterocycles. The summed E-state index contributed by atoms with van der Waals surface area (Å²) in [7, 11) is 0. The molecule has 5 nitrogen and oxygen atoms in total. The summed E-state index contributed by atoms with van der Waals surface area (Å²) in [6.07, 6.45) is 5.84. The monoisotopic (exact) mass is 244 g/mol. The van der Waals surface area contributed by atoms with Crippen LogP contribution in [0.1, 0.15) is 11.5 Å². The second-order valence-electron chi connectivity index (χ2n) is 4.38. The number of nitrogens with zero attached hydrogens (tertiary/aromatic N) is 3. The quantitative estimate of drug-likeness (QED) is 0.870. The molecule has 0 radical (unpaired) electrons. The van der Waals surface area contributed by atoms with Gasteiger partial charge in [-0.05, 0) is 12.1 Å². The normalized spacial score (nSPS) is 18.6. The lowest BCUT2D eigenvalue weighted by Crippen LogP contribution is -2.36. The summed E-state index contributed by atoms with van der Waals surface area (Å²) < 4.78 is 7.88. The maximum Gasteiger partial charge on any atom is 0.134 e. The zero-order valence-electron chi connectivity index (χ0n) is 10.1. The Morgan fingerprint density at radius 1 is 1.33 bits per heavy atom. The number of fused-ring (bicyclic) bond motifs is 1. The number of imidazole rings is 1. The zero-order valence-corrected chi connectivity index (χ0v) is 10.1. The topological polar surface area (TPSA) is 52.0 Å². The van der Waals surface area contributed by atoms with E-state index in [-0.39, 0.29) is 6.10 Å². The lowest BCUT2D eigenvalue weighted by Gasteiger charge is -2.24. The van der Waals surface area contributed by atoms with Crippen molar-refractivity contribution in [3.8, 4) is 0 Å². The van der Waals surface area contributed by atoms with E-state index in [1.807, 2.05) is 36.8 Å². The zero-order chi connectivity index (χ0) is 12.2. The summed E-state index contributed by atoms with van der Waals surface area (Å²) >= 11 is 0. The largest absolute Gasteiger partial charge is 0.367 e. The first-order valence-corrected chi connectivity index (χ1v) is 6.14. The summed E-state index contributed by atoms with van der Waals surface area (Å²) in [4.78, 5) is 8.50. The number of hydrogen-bond acceptors (Lipinski definition) is 4. The number of aromatic nitrogens is 3. The van der Waals surface area contributed by atoms with Crippen molar-refractivity contribution >= 4 is 0 Å². The SMILES string of the molecule is c1ccc(CNCC2Cn3ccnc3CO2)nc1. The molecule has 1 N–H and O–H groups in total. The second kappa shape index (κ2) is 5.29. The fraction of sp³-hybridized carbons (Fsp3) is 0.385. The van der Waals surface area contributed by atoms with Crippen molar-refractivity contribution in [2.45, 2.75) is 25.8 Å². The van der Waals surface area contributed by atoms with E-state index in [4.69, 9.17) is 4.74 Å². The fourth-order valence-corrected chi connectivity index (χ4v) is 2.10. The van der Waals surface area contributed by atoms with Crippen molar-refractivity contribution in [2.75, 3.05) is 6.54 Å². The number of rotatable bonds is 4. The summed E-state index contributed by atoms with van der Waals surface area (Å²) in [6.45, 7) is 3.07. The predicted molar refractivity (Wildman–Crippen MR) is 66.7 cm³/mol. The molecule has 1 unspecified atom stereocenters. The molecule has 0 spiro atoms. The third-order valence-electron chi connectivity index (χ3n) is 3.05. The molecule has 0 saturated carbocycles. The average molecular weight is 244 g/mol. The maximum atomic E-state index is 5.73. The van der Waals surface area contributed by atoms with Crippen LogP contribution in [0.4, 0.5) is 0 Å². The van der Waals surface area contributed by atoms with Crippen molar-refractivity contribution in [3.05, 3.63) is 48.3 Å². The van der Waals surface area contributed by atoms with Gasteiger partial charge in [0.25, 0.3) is 0 Å². The standard InChI is InChI=1S/C13H16N4O/c1-2-4-15-11(3-1)7-14-8-12-9-17-6-5-16-13(17)10-18-12/h1-6,12,14H,7-10H2. The smallest absolute Gasteiger partial charge is 0.134 e. The van der Waals surface area contributed by atoms with Gasteiger partial charge in [-0.25, -0.2) is 4.98 Å². The molecule has 3 rings (SSSR count). The van der Waals surface area contributed by atoms with Crippen molar-refractivity contribution in [1.82, 2.24) is 19.9 Å². The number of ether oxygens (including phenoxy) is 1. The van der Waals surface area contributed by atoms with E-state index in [1.165, 1.54) is 0 Å². The van der Waals surface area contributed by atoms with Crippen LogP contribution in [0, 0.1) is 0 Å². The molecule has 5 heteroatoms. The van der Waals surface area contributed by atoms with E-state index in [0.29, 0.717) is 6.61 Å². The first kappa shape index (κ1) is 11.4. The Labute approximate surface area is 106 Å². The Morgan fingerprint density at radius 2 is 2.33 bits per heavy atom. The molecule has 1 aliphatic heterocycles. The summed E-state index contributed by atoms with van der Waals surface area (Å²) in [5.41, 5.74) is 1.05. The highest BCUT2D eigenvalue weighted by Crippen LogP contribution is 2.11. The van der Waals surface area contributed by atoms with Crippen LogP contribution in [-0.2, 0) is 24.4 Å². The van der Waals surface area contributed by atoms with Crippen molar-refractivity contribution in [2.24, 2.45) is 0 Å². The van der Waals surface area contributed by atoms with Gasteiger partial charge in [-0.1, -0.05) is 6.07 Å². The lowest BCUT2D eigenvalue weighted by molar-refractivity contribution is 0.00274. The minimum Gasteiger partial charge on any atom is -0.367 e. The molecule has 0 aliphatic carbocycles. The summed E-state index contributed by atoms with van der Waals surface area (Å²) in [5.74, 6) is 1.01. The molecule has 3 heterocycles. The van der Waals surface area contributed by atoms with Crippen molar-refractivity contribution in [1.29, 1.82) is 0 Å². The van der Waals surface area contributed by atoms with Gasteiger partial charge in [-0.3, -0.25) is 4.98 Å². The minimum absolute atomic E-state index is 0.204. The fourth-order valence-electron chi connectivity index (χ4n) is 2.10. The van der Waals surface area contributed by atoms with Crippen LogP contribution in [-0.4, -0.2) is 27.2 Å². The average Bonchev–Trinajstić information content (AvgIpc) is 2.87. The van der Waals surface area contributed by atoms with Crippen LogP contribution in [0.15, 0.2) is 36.8 Å². The second-order valence-corrected chi connectivity index (χ2v) is 4.38. The van der Waals surface area contributed by atoms with E-state index in [0.717, 1.165) is 31.2 Å². The molecule has 94 valence electrons. The summed E-state index contributed by atoms with van der Waals surface area (Å²) in [5, 5.41) is 3.37. The van der Waals surface area contributed by atoms with E-state index >= 15 is 0 Å². The van der Waals surface area contributed by atoms with Gasteiger partial charge >= 0.3 is 0 Å². The lowest BCUT2D eigenvalue weighted by atomic mass is 10.3. The van der Waals surface area contributed by atoms with Gasteiger partial charge in [-0.2, -0.15) is 0 Å². The van der Waals surface area contributed by atoms with Crippen LogP contribution in [0.2, 0.25) is 0 Å². The van der Waals surface area contributed by atoms with Gasteiger partial charge in [0.05, 0.1) is 18.3 Å². The molecule has 0 aromatic carbocycles. The van der Waals surface area contributed by atoms with E-state index in [1.54, 1.807) is 0 Å². The molecule has 1 atom stereocenters. The Kier molecular flexibility index (Phi) is 3.34. The van der Waals surface area contributed by atoms with Crippen LogP contribution in [0.5, 0.6) is 0 Å². The molecular weight excluding hydrogens is 228 g/mol. The number of nitrogens with one attached hydrogen (secondary N) is 1. The van der Waals surface area contributed by atoms with Crippen LogP contribution >= 0.6 is 0 Å². The van der Waals surface area contributed by atoms with Gasteiger partial charge in [0, 0.05) is 31.7 Å². The highest BCUT2D eigenvalue weighted by molar-refractivity contribution is 5.03. The minimum atomic E-state index is 0.204. The highest BCUT2D eigenvalue weighted by atomic mass is 16.5. The molecule has 2 aromatic rings. The Morgan fingerprint density at radius 3 is 3.22 bits per heavy atom. The van der Waals surface area contributed by atoms with E-state index in [9.17, 15) is 0 Å². The Hall–Kier alpha value is -1.72. The van der Waals surface area contributed by atoms with E-state index in [2.05, 4.69) is 19.9 Å². The van der Waals surface area contributed by atoms with E-state index < -0.39 is 0 Å². The number of hydrogen-bond donors (Lipinski definition) is 1. The molecular formula is C13H16N4O. The molecule has 0 fully saturated rings.